The molecule has 1 aliphatic heterocycles. The lowest BCUT2D eigenvalue weighted by Crippen LogP contribution is -2.40. The molecule has 0 saturated carbocycles. The van der Waals surface area contributed by atoms with E-state index in [1.807, 2.05) is 6.92 Å². The molecule has 19 heavy (non-hydrogen) atoms. The smallest absolute Gasteiger partial charge is 0.241 e. The lowest BCUT2D eigenvalue weighted by molar-refractivity contribution is 0.0250. The first-order valence-electron chi connectivity index (χ1n) is 6.29. The molecule has 106 valence electrons. The van der Waals surface area contributed by atoms with Crippen LogP contribution in [0.15, 0.2) is 29.2 Å². The number of aliphatic hydroxyl groups is 1. The number of rotatable bonds is 5. The number of ether oxygens (including phenoxy) is 1. The van der Waals surface area contributed by atoms with Crippen molar-refractivity contribution < 1.29 is 18.3 Å². The van der Waals surface area contributed by atoms with Gasteiger partial charge in [-0.15, -0.1) is 0 Å². The number of hydrogen-bond acceptors (Lipinski definition) is 4. The Bertz CT molecular complexity index is 535. The molecule has 1 aliphatic rings. The van der Waals surface area contributed by atoms with Gasteiger partial charge in [-0.1, -0.05) is 18.2 Å². The molecule has 1 unspecified atom stereocenters. The third-order valence-electron chi connectivity index (χ3n) is 3.37. The molecule has 5 nitrogen and oxygen atoms in total. The van der Waals surface area contributed by atoms with Crippen molar-refractivity contribution in [1.82, 2.24) is 4.72 Å². The topological polar surface area (TPSA) is 75.6 Å². The van der Waals surface area contributed by atoms with Gasteiger partial charge < -0.3 is 9.84 Å². The van der Waals surface area contributed by atoms with Crippen LogP contribution in [-0.4, -0.2) is 32.3 Å². The maximum Gasteiger partial charge on any atom is 0.241 e. The SMILES string of the molecule is CC1(CNS(=O)(=O)c2ccccc2CO)CCCO1. The summed E-state index contributed by atoms with van der Waals surface area (Å²) in [6.45, 7) is 2.52. The van der Waals surface area contributed by atoms with Gasteiger partial charge in [0.2, 0.25) is 10.0 Å². The van der Waals surface area contributed by atoms with Gasteiger partial charge in [0.05, 0.1) is 17.1 Å². The Kier molecular flexibility index (Phi) is 4.25. The highest BCUT2D eigenvalue weighted by Crippen LogP contribution is 2.25. The molecular formula is C13H19NO4S. The minimum Gasteiger partial charge on any atom is -0.392 e. The van der Waals surface area contributed by atoms with E-state index in [1.54, 1.807) is 18.2 Å². The van der Waals surface area contributed by atoms with E-state index < -0.39 is 15.6 Å². The van der Waals surface area contributed by atoms with Crippen molar-refractivity contribution in [3.8, 4) is 0 Å². The maximum atomic E-state index is 12.2. The second-order valence-electron chi connectivity index (χ2n) is 4.99. The van der Waals surface area contributed by atoms with Gasteiger partial charge in [0.1, 0.15) is 0 Å². The zero-order valence-corrected chi connectivity index (χ0v) is 11.7. The summed E-state index contributed by atoms with van der Waals surface area (Å²) in [5.74, 6) is 0. The van der Waals surface area contributed by atoms with Crippen LogP contribution in [0, 0.1) is 0 Å². The lowest BCUT2D eigenvalue weighted by Gasteiger charge is -2.23. The Morgan fingerprint density at radius 1 is 1.42 bits per heavy atom. The van der Waals surface area contributed by atoms with Crippen molar-refractivity contribution in [2.24, 2.45) is 0 Å². The Balaban J connectivity index is 2.14. The Morgan fingerprint density at radius 2 is 2.16 bits per heavy atom. The van der Waals surface area contributed by atoms with E-state index in [0.29, 0.717) is 12.2 Å². The summed E-state index contributed by atoms with van der Waals surface area (Å²) < 4.78 is 32.6. The van der Waals surface area contributed by atoms with Crippen LogP contribution < -0.4 is 4.72 Å². The van der Waals surface area contributed by atoms with Crippen molar-refractivity contribution in [1.29, 1.82) is 0 Å². The number of sulfonamides is 1. The predicted octanol–water partition coefficient (Wildman–Crippen LogP) is 1.03. The number of aliphatic hydroxyl groups excluding tert-OH is 1. The summed E-state index contributed by atoms with van der Waals surface area (Å²) in [6, 6.07) is 6.43. The zero-order valence-electron chi connectivity index (χ0n) is 10.9. The molecule has 0 spiro atoms. The van der Waals surface area contributed by atoms with Crippen LogP contribution >= 0.6 is 0 Å². The summed E-state index contributed by atoms with van der Waals surface area (Å²) in [7, 11) is -3.62. The number of benzene rings is 1. The first-order chi connectivity index (χ1) is 8.97. The van der Waals surface area contributed by atoms with Crippen LogP contribution in [0.2, 0.25) is 0 Å². The molecule has 1 aromatic carbocycles. The molecule has 0 radical (unpaired) electrons. The van der Waals surface area contributed by atoms with Crippen molar-refractivity contribution in [2.45, 2.75) is 36.9 Å². The summed E-state index contributed by atoms with van der Waals surface area (Å²) in [5, 5.41) is 9.20. The van der Waals surface area contributed by atoms with E-state index in [0.717, 1.165) is 12.8 Å². The van der Waals surface area contributed by atoms with Gasteiger partial charge in [-0.25, -0.2) is 13.1 Å². The molecule has 0 aliphatic carbocycles. The molecule has 0 amide bonds. The van der Waals surface area contributed by atoms with E-state index in [2.05, 4.69) is 4.72 Å². The summed E-state index contributed by atoms with van der Waals surface area (Å²) in [5.41, 5.74) is -0.0335. The van der Waals surface area contributed by atoms with E-state index in [1.165, 1.54) is 6.07 Å². The standard InChI is InChI=1S/C13H19NO4S/c1-13(7-4-8-18-13)10-14-19(16,17)12-6-3-2-5-11(12)9-15/h2-3,5-6,14-15H,4,7-10H2,1H3. The molecule has 1 fully saturated rings. The Labute approximate surface area is 113 Å². The molecule has 0 bridgehead atoms. The molecule has 1 atom stereocenters. The molecule has 1 heterocycles. The molecule has 0 aromatic heterocycles. The minimum atomic E-state index is -3.62. The highest BCUT2D eigenvalue weighted by Gasteiger charge is 2.31. The predicted molar refractivity (Wildman–Crippen MR) is 71.1 cm³/mol. The van der Waals surface area contributed by atoms with Gasteiger partial charge >= 0.3 is 0 Å². The summed E-state index contributed by atoms with van der Waals surface area (Å²) in [4.78, 5) is 0.124. The highest BCUT2D eigenvalue weighted by atomic mass is 32.2. The van der Waals surface area contributed by atoms with Crippen molar-refractivity contribution in [3.05, 3.63) is 29.8 Å². The minimum absolute atomic E-state index is 0.124. The maximum absolute atomic E-state index is 12.2. The lowest BCUT2D eigenvalue weighted by atomic mass is 10.0. The Hall–Kier alpha value is -0.950. The van der Waals surface area contributed by atoms with Crippen molar-refractivity contribution in [3.63, 3.8) is 0 Å². The quantitative estimate of drug-likeness (QED) is 0.847. The van der Waals surface area contributed by atoms with Crippen molar-refractivity contribution >= 4 is 10.0 Å². The molecule has 2 N–H and O–H groups in total. The van der Waals surface area contributed by atoms with Gasteiger partial charge in [-0.05, 0) is 31.4 Å². The normalized spacial score (nSPS) is 23.7. The monoisotopic (exact) mass is 285 g/mol. The van der Waals surface area contributed by atoms with E-state index in [-0.39, 0.29) is 18.0 Å². The second kappa shape index (κ2) is 5.58. The summed E-state index contributed by atoms with van der Waals surface area (Å²) in [6.07, 6.45) is 1.79. The first-order valence-corrected chi connectivity index (χ1v) is 7.78. The molecule has 2 rings (SSSR count). The fraction of sp³-hybridized carbons (Fsp3) is 0.538. The third-order valence-corrected chi connectivity index (χ3v) is 4.87. The van der Waals surface area contributed by atoms with Crippen LogP contribution in [0.5, 0.6) is 0 Å². The summed E-state index contributed by atoms with van der Waals surface area (Å²) >= 11 is 0. The van der Waals surface area contributed by atoms with Crippen LogP contribution in [0.4, 0.5) is 0 Å². The van der Waals surface area contributed by atoms with Gasteiger partial charge in [0.15, 0.2) is 0 Å². The van der Waals surface area contributed by atoms with Crippen LogP contribution in [-0.2, 0) is 21.4 Å². The molecule has 1 saturated heterocycles. The van der Waals surface area contributed by atoms with Gasteiger partial charge in [-0.3, -0.25) is 0 Å². The van der Waals surface area contributed by atoms with E-state index in [4.69, 9.17) is 4.74 Å². The van der Waals surface area contributed by atoms with E-state index in [9.17, 15) is 13.5 Å². The second-order valence-corrected chi connectivity index (χ2v) is 6.73. The number of nitrogens with one attached hydrogen (secondary N) is 1. The van der Waals surface area contributed by atoms with Crippen molar-refractivity contribution in [2.75, 3.05) is 13.2 Å². The Morgan fingerprint density at radius 3 is 2.79 bits per heavy atom. The first kappa shape index (κ1) is 14.5. The zero-order chi connectivity index (χ0) is 13.9. The van der Waals surface area contributed by atoms with Gasteiger partial charge in [0.25, 0.3) is 0 Å². The molecule has 1 aromatic rings. The number of hydrogen-bond donors (Lipinski definition) is 2. The third kappa shape index (κ3) is 3.33. The largest absolute Gasteiger partial charge is 0.392 e. The molecular weight excluding hydrogens is 266 g/mol. The van der Waals surface area contributed by atoms with Gasteiger partial charge in [0, 0.05) is 13.2 Å². The van der Waals surface area contributed by atoms with Crippen LogP contribution in [0.3, 0.4) is 0 Å². The average molecular weight is 285 g/mol. The van der Waals surface area contributed by atoms with E-state index >= 15 is 0 Å². The fourth-order valence-corrected chi connectivity index (χ4v) is 3.58. The highest BCUT2D eigenvalue weighted by molar-refractivity contribution is 7.89. The molecule has 6 heteroatoms. The fourth-order valence-electron chi connectivity index (χ4n) is 2.20. The van der Waals surface area contributed by atoms with Crippen LogP contribution in [0.25, 0.3) is 0 Å². The van der Waals surface area contributed by atoms with Gasteiger partial charge in [-0.2, -0.15) is 0 Å². The van der Waals surface area contributed by atoms with Crippen LogP contribution in [0.1, 0.15) is 25.3 Å². The average Bonchev–Trinajstić information content (AvgIpc) is 2.84.